The van der Waals surface area contributed by atoms with Crippen LogP contribution < -0.4 is 0 Å². The molecule has 3 heteroatoms. The molecule has 0 amide bonds. The summed E-state index contributed by atoms with van der Waals surface area (Å²) in [6.07, 6.45) is 49.6. The van der Waals surface area contributed by atoms with Gasteiger partial charge >= 0.3 is 0 Å². The Labute approximate surface area is 380 Å². The summed E-state index contributed by atoms with van der Waals surface area (Å²) in [6.45, 7) is 9.79. The van der Waals surface area contributed by atoms with Crippen molar-refractivity contribution in [2.75, 3.05) is 0 Å². The number of aryl methyl sites for hydroxylation is 3. The topological polar surface area (TPSA) is 14.8 Å². The van der Waals surface area contributed by atoms with Crippen molar-refractivity contribution >= 4 is 65.4 Å². The molecule has 0 atom stereocenters. The van der Waals surface area contributed by atoms with Crippen LogP contribution in [0.2, 0.25) is 0 Å². The fourth-order valence-electron chi connectivity index (χ4n) is 10.7. The van der Waals surface area contributed by atoms with E-state index in [0.717, 1.165) is 55.6 Å². The molecule has 330 valence electrons. The lowest BCUT2D eigenvalue weighted by molar-refractivity contribution is 0.552. The lowest BCUT2D eigenvalue weighted by Crippen LogP contribution is -2.02. The molecule has 7 aromatic rings. The zero-order valence-electron chi connectivity index (χ0n) is 39.4. The second-order valence-corrected chi connectivity index (χ2v) is 18.7. The first-order chi connectivity index (χ1) is 31.1. The first kappa shape index (κ1) is 46.0. The first-order valence-corrected chi connectivity index (χ1v) is 25.5. The standard InChI is InChI=1S/C60H75N3/c1-7-13-16-19-22-25-28-31-40-61-52-37-34-46(10-4)43-49(52)55-58(61)56-50-44-47(11-5)35-38-53(50)62(41-32-29-26-23-20-17-14-8-2)60(56)57-51-45-48(12-6)36-39-54(51)63(59(55)57)42-33-30-27-24-21-18-15-9-3/h4-6,34-39,43-45H,7-9,13-33,40-42H2,1-3H3. The maximum absolute atomic E-state index is 6.21. The molecule has 0 fully saturated rings. The fraction of sp³-hybridized carbons (Fsp3) is 0.500. The lowest BCUT2D eigenvalue weighted by atomic mass is 10.0. The van der Waals surface area contributed by atoms with Gasteiger partial charge in [0, 0.05) is 85.2 Å². The van der Waals surface area contributed by atoms with Crippen molar-refractivity contribution < 1.29 is 0 Å². The molecular formula is C60H75N3. The Morgan fingerprint density at radius 1 is 0.333 bits per heavy atom. The van der Waals surface area contributed by atoms with Crippen molar-refractivity contribution in [1.82, 2.24) is 13.7 Å². The third-order valence-electron chi connectivity index (χ3n) is 14.1. The predicted octanol–water partition coefficient (Wildman–Crippen LogP) is 17.4. The molecule has 0 saturated heterocycles. The molecule has 0 radical (unpaired) electrons. The Bertz CT molecular complexity index is 2410. The van der Waals surface area contributed by atoms with Crippen molar-refractivity contribution in [3.05, 3.63) is 71.3 Å². The first-order valence-electron chi connectivity index (χ1n) is 25.5. The van der Waals surface area contributed by atoms with Crippen LogP contribution in [-0.4, -0.2) is 13.7 Å². The Balaban J connectivity index is 1.47. The van der Waals surface area contributed by atoms with Crippen LogP contribution in [0.4, 0.5) is 0 Å². The molecule has 0 aliphatic carbocycles. The number of aromatic nitrogens is 3. The fourth-order valence-corrected chi connectivity index (χ4v) is 10.7. The number of benzene rings is 4. The Morgan fingerprint density at radius 2 is 0.571 bits per heavy atom. The van der Waals surface area contributed by atoms with E-state index in [0.29, 0.717) is 0 Å². The number of unbranched alkanes of at least 4 members (excludes halogenated alkanes) is 21. The van der Waals surface area contributed by atoms with Gasteiger partial charge in [0.15, 0.2) is 0 Å². The Morgan fingerprint density at radius 3 is 0.810 bits per heavy atom. The molecule has 0 bridgehead atoms. The summed E-state index contributed by atoms with van der Waals surface area (Å²) in [5, 5.41) is 7.71. The van der Waals surface area contributed by atoms with Crippen molar-refractivity contribution in [1.29, 1.82) is 0 Å². The third kappa shape index (κ3) is 10.2. The van der Waals surface area contributed by atoms with Crippen LogP contribution >= 0.6 is 0 Å². The summed E-state index contributed by atoms with van der Waals surface area (Å²) in [5.41, 5.74) is 10.6. The van der Waals surface area contributed by atoms with E-state index in [4.69, 9.17) is 19.3 Å². The predicted molar refractivity (Wildman–Crippen MR) is 277 cm³/mol. The number of nitrogens with zero attached hydrogens (tertiary/aromatic N) is 3. The molecule has 0 unspecified atom stereocenters. The minimum atomic E-state index is 0.925. The molecule has 7 rings (SSSR count). The third-order valence-corrected chi connectivity index (χ3v) is 14.1. The van der Waals surface area contributed by atoms with E-state index >= 15 is 0 Å². The Kier molecular flexibility index (Phi) is 16.8. The van der Waals surface area contributed by atoms with Gasteiger partial charge in [-0.25, -0.2) is 0 Å². The van der Waals surface area contributed by atoms with Gasteiger partial charge in [0.05, 0.1) is 16.6 Å². The van der Waals surface area contributed by atoms with E-state index < -0.39 is 0 Å². The molecule has 0 spiro atoms. The number of hydrogen-bond acceptors (Lipinski definition) is 0. The Hall–Kier alpha value is -5.04. The number of rotatable bonds is 27. The molecule has 3 aromatic heterocycles. The largest absolute Gasteiger partial charge is 0.340 e. The molecule has 4 aromatic carbocycles. The van der Waals surface area contributed by atoms with Crippen molar-refractivity contribution in [3.8, 4) is 37.0 Å². The SMILES string of the molecule is C#Cc1ccc2c(c1)c1c(c3c4cc(C#C)ccc4n(CCCCCCCCCC)c3c3c4cc(C#C)ccc4n(CCCCCCCCCC)c13)n2CCCCCCCCCC. The molecule has 0 aliphatic rings. The van der Waals surface area contributed by atoms with Crippen LogP contribution in [0, 0.1) is 37.0 Å². The molecule has 3 heterocycles. The van der Waals surface area contributed by atoms with Gasteiger partial charge in [-0.2, -0.15) is 0 Å². The van der Waals surface area contributed by atoms with Crippen LogP contribution in [0.5, 0.6) is 0 Å². The van der Waals surface area contributed by atoms with Crippen molar-refractivity contribution in [2.45, 2.75) is 195 Å². The van der Waals surface area contributed by atoms with Crippen molar-refractivity contribution in [2.24, 2.45) is 0 Å². The van der Waals surface area contributed by atoms with Gasteiger partial charge in [0.1, 0.15) is 0 Å². The zero-order valence-corrected chi connectivity index (χ0v) is 39.4. The maximum atomic E-state index is 6.21. The van der Waals surface area contributed by atoms with E-state index in [1.54, 1.807) is 0 Å². The average Bonchev–Trinajstić information content (AvgIpc) is 3.93. The highest BCUT2D eigenvalue weighted by Gasteiger charge is 2.28. The quantitative estimate of drug-likeness (QED) is 0.0362. The summed E-state index contributed by atoms with van der Waals surface area (Å²) in [5.74, 6) is 9.04. The molecule has 3 nitrogen and oxygen atoms in total. The number of hydrogen-bond donors (Lipinski definition) is 0. The minimum absolute atomic E-state index is 0.925. The number of terminal acetylenes is 3. The lowest BCUT2D eigenvalue weighted by Gasteiger charge is -2.13. The molecular weight excluding hydrogens is 763 g/mol. The second kappa shape index (κ2) is 23.1. The van der Waals surface area contributed by atoms with Crippen LogP contribution in [0.3, 0.4) is 0 Å². The summed E-state index contributed by atoms with van der Waals surface area (Å²) >= 11 is 0. The van der Waals surface area contributed by atoms with Crippen molar-refractivity contribution in [3.63, 3.8) is 0 Å². The van der Waals surface area contributed by atoms with Gasteiger partial charge in [0.2, 0.25) is 0 Å². The van der Waals surface area contributed by atoms with E-state index in [2.05, 4.69) is 107 Å². The van der Waals surface area contributed by atoms with Gasteiger partial charge in [-0.15, -0.1) is 19.3 Å². The molecule has 0 saturated carbocycles. The highest BCUT2D eigenvalue weighted by molar-refractivity contribution is 6.39. The van der Waals surface area contributed by atoms with Crippen LogP contribution in [0.25, 0.3) is 65.4 Å². The zero-order chi connectivity index (χ0) is 44.0. The molecule has 0 aliphatic heterocycles. The van der Waals surface area contributed by atoms with E-state index in [1.165, 1.54) is 200 Å². The summed E-state index contributed by atoms with van der Waals surface area (Å²) in [4.78, 5) is 0. The van der Waals surface area contributed by atoms with Crippen LogP contribution in [-0.2, 0) is 19.6 Å². The monoisotopic (exact) mass is 838 g/mol. The number of fused-ring (bicyclic) bond motifs is 12. The van der Waals surface area contributed by atoms with E-state index in [1.807, 2.05) is 0 Å². The average molecular weight is 838 g/mol. The van der Waals surface area contributed by atoms with Gasteiger partial charge in [-0.05, 0) is 73.9 Å². The normalized spacial score (nSPS) is 11.8. The molecule has 63 heavy (non-hydrogen) atoms. The van der Waals surface area contributed by atoms with Gasteiger partial charge < -0.3 is 13.7 Å². The van der Waals surface area contributed by atoms with Crippen LogP contribution in [0.1, 0.15) is 192 Å². The second-order valence-electron chi connectivity index (χ2n) is 18.7. The van der Waals surface area contributed by atoms with Crippen LogP contribution in [0.15, 0.2) is 54.6 Å². The van der Waals surface area contributed by atoms with Gasteiger partial charge in [-0.3, -0.25) is 0 Å². The van der Waals surface area contributed by atoms with E-state index in [-0.39, 0.29) is 0 Å². The maximum Gasteiger partial charge on any atom is 0.0614 e. The minimum Gasteiger partial charge on any atom is -0.340 e. The van der Waals surface area contributed by atoms with E-state index in [9.17, 15) is 0 Å². The summed E-state index contributed by atoms with van der Waals surface area (Å²) in [6, 6.07) is 20.3. The molecule has 0 N–H and O–H groups in total. The summed E-state index contributed by atoms with van der Waals surface area (Å²) in [7, 11) is 0. The summed E-state index contributed by atoms with van der Waals surface area (Å²) < 4.78 is 8.03. The highest BCUT2D eigenvalue weighted by atomic mass is 15.0. The highest BCUT2D eigenvalue weighted by Crippen LogP contribution is 2.49. The van der Waals surface area contributed by atoms with Gasteiger partial charge in [0.25, 0.3) is 0 Å². The van der Waals surface area contributed by atoms with Gasteiger partial charge in [-0.1, -0.05) is 173 Å². The smallest absolute Gasteiger partial charge is 0.0614 e.